The van der Waals surface area contributed by atoms with Crippen molar-refractivity contribution in [2.75, 3.05) is 12.1 Å². The van der Waals surface area contributed by atoms with Crippen LogP contribution in [0.4, 0.5) is 18.9 Å². The van der Waals surface area contributed by atoms with E-state index in [0.29, 0.717) is 5.01 Å². The maximum absolute atomic E-state index is 13.6. The normalized spacial score (nSPS) is 15.0. The first-order chi connectivity index (χ1) is 15.0. The fourth-order valence-corrected chi connectivity index (χ4v) is 2.85. The molecule has 1 aliphatic rings. The van der Waals surface area contributed by atoms with Gasteiger partial charge in [0.25, 0.3) is 5.91 Å². The number of carboxylic acids is 1. The molecule has 32 heavy (non-hydrogen) atoms. The molecule has 3 rings (SSSR count). The number of methoxy groups -OCH3 is 1. The third kappa shape index (κ3) is 4.61. The van der Waals surface area contributed by atoms with Gasteiger partial charge in [0.15, 0.2) is 17.2 Å². The maximum atomic E-state index is 13.6. The van der Waals surface area contributed by atoms with Crippen molar-refractivity contribution in [2.24, 2.45) is 5.10 Å². The zero-order chi connectivity index (χ0) is 23.6. The Hall–Kier alpha value is -4.15. The van der Waals surface area contributed by atoms with Crippen LogP contribution in [0.1, 0.15) is 22.8 Å². The Morgan fingerprint density at radius 2 is 1.75 bits per heavy atom. The van der Waals surface area contributed by atoms with E-state index in [-0.39, 0.29) is 28.3 Å². The summed E-state index contributed by atoms with van der Waals surface area (Å²) in [7, 11) is 1.28. The number of hydrogen-bond donors (Lipinski definition) is 1. The average molecular weight is 448 g/mol. The highest BCUT2D eigenvalue weighted by molar-refractivity contribution is 6.34. The fraction of sp³-hybridized carbons (Fsp3) is 0.143. The number of alkyl halides is 3. The van der Waals surface area contributed by atoms with E-state index < -0.39 is 35.3 Å². The van der Waals surface area contributed by atoms with Crippen molar-refractivity contribution in [3.05, 3.63) is 59.2 Å². The largest absolute Gasteiger partial charge is 0.493 e. The summed E-state index contributed by atoms with van der Waals surface area (Å²) >= 11 is 0. The van der Waals surface area contributed by atoms with Crippen LogP contribution in [0.25, 0.3) is 6.08 Å². The SMILES string of the molecule is COc1cc(/C=C2\C(=O)N(c3ccc(C(=O)O)cc3)N=C2C(F)(F)F)ccc1OC(C)=O. The van der Waals surface area contributed by atoms with Gasteiger partial charge in [0.2, 0.25) is 0 Å². The van der Waals surface area contributed by atoms with Crippen LogP contribution in [0, 0.1) is 0 Å². The monoisotopic (exact) mass is 448 g/mol. The number of aromatic carboxylic acids is 1. The van der Waals surface area contributed by atoms with Crippen molar-refractivity contribution in [1.29, 1.82) is 0 Å². The standard InChI is InChI=1S/C21H15F3N2O6/c1-11(27)32-16-8-3-12(10-17(16)31-2)9-15-18(21(22,23)24)25-26(19(15)28)14-6-4-13(5-7-14)20(29)30/h3-10H,1-2H3,(H,29,30)/b15-9-. The maximum Gasteiger partial charge on any atom is 0.435 e. The highest BCUT2D eigenvalue weighted by Gasteiger charge is 2.46. The van der Waals surface area contributed by atoms with Gasteiger partial charge in [0.05, 0.1) is 23.9 Å². The van der Waals surface area contributed by atoms with Crippen LogP contribution in [0.2, 0.25) is 0 Å². The minimum atomic E-state index is -4.93. The van der Waals surface area contributed by atoms with E-state index in [4.69, 9.17) is 14.6 Å². The van der Waals surface area contributed by atoms with Crippen molar-refractivity contribution in [1.82, 2.24) is 0 Å². The van der Waals surface area contributed by atoms with Crippen molar-refractivity contribution in [2.45, 2.75) is 13.1 Å². The minimum Gasteiger partial charge on any atom is -0.493 e. The molecule has 0 unspecified atom stereocenters. The van der Waals surface area contributed by atoms with E-state index in [0.717, 1.165) is 18.2 Å². The van der Waals surface area contributed by atoms with Crippen LogP contribution in [0.5, 0.6) is 11.5 Å². The molecule has 11 heteroatoms. The molecule has 0 atom stereocenters. The van der Waals surface area contributed by atoms with Crippen LogP contribution in [0.15, 0.2) is 53.1 Å². The summed E-state index contributed by atoms with van der Waals surface area (Å²) in [6.45, 7) is 1.18. The number of carbonyl (C=O) groups is 3. The topological polar surface area (TPSA) is 106 Å². The van der Waals surface area contributed by atoms with Crippen molar-refractivity contribution >= 4 is 35.3 Å². The van der Waals surface area contributed by atoms with Gasteiger partial charge in [-0.15, -0.1) is 0 Å². The van der Waals surface area contributed by atoms with Gasteiger partial charge in [-0.2, -0.15) is 23.3 Å². The average Bonchev–Trinajstić information content (AvgIpc) is 3.05. The number of carbonyl (C=O) groups excluding carboxylic acids is 2. The molecule has 2 aromatic rings. The number of amides is 1. The first-order valence-corrected chi connectivity index (χ1v) is 8.93. The summed E-state index contributed by atoms with van der Waals surface area (Å²) < 4.78 is 50.8. The lowest BCUT2D eigenvalue weighted by molar-refractivity contribution is -0.132. The van der Waals surface area contributed by atoms with Gasteiger partial charge in [0.1, 0.15) is 0 Å². The predicted molar refractivity (Wildman–Crippen MR) is 107 cm³/mol. The van der Waals surface area contributed by atoms with Crippen LogP contribution in [-0.2, 0) is 9.59 Å². The van der Waals surface area contributed by atoms with Gasteiger partial charge >= 0.3 is 18.1 Å². The van der Waals surface area contributed by atoms with Gasteiger partial charge in [0, 0.05) is 6.92 Å². The Labute approximate surface area is 179 Å². The molecule has 0 fully saturated rings. The summed E-state index contributed by atoms with van der Waals surface area (Å²) in [5.74, 6) is -2.76. The van der Waals surface area contributed by atoms with E-state index in [1.165, 1.54) is 44.4 Å². The molecule has 1 N–H and O–H groups in total. The van der Waals surface area contributed by atoms with E-state index in [9.17, 15) is 27.6 Å². The molecular formula is C21H15F3N2O6. The number of hydrogen-bond acceptors (Lipinski definition) is 6. The van der Waals surface area contributed by atoms with Crippen molar-refractivity contribution in [3.8, 4) is 11.5 Å². The van der Waals surface area contributed by atoms with Crippen molar-refractivity contribution < 1.29 is 42.1 Å². The second kappa shape index (κ2) is 8.53. The van der Waals surface area contributed by atoms with Crippen molar-refractivity contribution in [3.63, 3.8) is 0 Å². The lowest BCUT2D eigenvalue weighted by Crippen LogP contribution is -2.25. The molecule has 0 saturated heterocycles. The number of hydrazone groups is 1. The summed E-state index contributed by atoms with van der Waals surface area (Å²) in [4.78, 5) is 34.9. The third-order valence-electron chi connectivity index (χ3n) is 4.26. The molecule has 1 heterocycles. The quantitative estimate of drug-likeness (QED) is 0.425. The Balaban J connectivity index is 2.02. The number of rotatable bonds is 5. The highest BCUT2D eigenvalue weighted by Crippen LogP contribution is 2.34. The molecule has 0 saturated carbocycles. The Morgan fingerprint density at radius 1 is 1.09 bits per heavy atom. The van der Waals surface area contributed by atoms with E-state index in [1.54, 1.807) is 0 Å². The lowest BCUT2D eigenvalue weighted by Gasteiger charge is -2.12. The van der Waals surface area contributed by atoms with Crippen LogP contribution >= 0.6 is 0 Å². The zero-order valence-corrected chi connectivity index (χ0v) is 16.6. The van der Waals surface area contributed by atoms with Crippen LogP contribution < -0.4 is 14.5 Å². The molecule has 0 spiro atoms. The zero-order valence-electron chi connectivity index (χ0n) is 16.6. The molecule has 0 radical (unpaired) electrons. The molecule has 1 amide bonds. The van der Waals surface area contributed by atoms with E-state index in [2.05, 4.69) is 5.10 Å². The second-order valence-corrected chi connectivity index (χ2v) is 6.48. The second-order valence-electron chi connectivity index (χ2n) is 6.48. The number of halogens is 3. The number of ether oxygens (including phenoxy) is 2. The summed E-state index contributed by atoms with van der Waals surface area (Å²) in [5.41, 5.74) is -2.10. The third-order valence-corrected chi connectivity index (χ3v) is 4.26. The highest BCUT2D eigenvalue weighted by atomic mass is 19.4. The number of esters is 1. The number of benzene rings is 2. The molecule has 2 aromatic carbocycles. The fourth-order valence-electron chi connectivity index (χ4n) is 2.85. The number of carboxylic acid groups (broad SMARTS) is 1. The van der Waals surface area contributed by atoms with Gasteiger partial charge in [-0.25, -0.2) is 4.79 Å². The molecule has 0 aliphatic carbocycles. The number of anilines is 1. The first kappa shape index (κ1) is 22.5. The minimum absolute atomic E-state index is 0.0343. The lowest BCUT2D eigenvalue weighted by atomic mass is 10.1. The van der Waals surface area contributed by atoms with Gasteiger partial charge < -0.3 is 14.6 Å². The first-order valence-electron chi connectivity index (χ1n) is 8.93. The van der Waals surface area contributed by atoms with Gasteiger partial charge in [-0.05, 0) is 48.0 Å². The molecule has 1 aliphatic heterocycles. The number of nitrogens with zero attached hydrogens (tertiary/aromatic N) is 2. The Morgan fingerprint density at radius 3 is 2.28 bits per heavy atom. The van der Waals surface area contributed by atoms with Crippen LogP contribution in [0.3, 0.4) is 0 Å². The van der Waals surface area contributed by atoms with Crippen LogP contribution in [-0.4, -0.2) is 42.0 Å². The Kier molecular flexibility index (Phi) is 6.01. The molecule has 8 nitrogen and oxygen atoms in total. The molecular weight excluding hydrogens is 433 g/mol. The smallest absolute Gasteiger partial charge is 0.435 e. The van der Waals surface area contributed by atoms with Gasteiger partial charge in [-0.3, -0.25) is 9.59 Å². The van der Waals surface area contributed by atoms with Gasteiger partial charge in [-0.1, -0.05) is 6.07 Å². The summed E-state index contributed by atoms with van der Waals surface area (Å²) in [6, 6.07) is 8.62. The van der Waals surface area contributed by atoms with E-state index >= 15 is 0 Å². The predicted octanol–water partition coefficient (Wildman–Crippen LogP) is 3.67. The Bertz CT molecular complexity index is 1150. The summed E-state index contributed by atoms with van der Waals surface area (Å²) in [6.07, 6.45) is -3.95. The summed E-state index contributed by atoms with van der Waals surface area (Å²) in [5, 5.41) is 12.9. The molecule has 0 bridgehead atoms. The molecule has 0 aromatic heterocycles. The molecule has 166 valence electrons. The van der Waals surface area contributed by atoms with E-state index in [1.807, 2.05) is 0 Å².